The standard InChI is InChI=1S/C24H28N3O5/c1-24(2)8-7-17-9-15(3-6-21(17)32-24)11-22(28)25-12-16-10-18(14-25)19-4-5-20(27(30)31)23(29)26(19)13-16/h3-6,9,16,18,30H,7-8,10-14H2,1-2H3/q-1/t16-,18+/m1/s1. The van der Waals surface area contributed by atoms with Gasteiger partial charge in [-0.2, -0.15) is 0 Å². The fraction of sp³-hybridized carbons (Fsp3) is 0.500. The fourth-order valence-corrected chi connectivity index (χ4v) is 5.39. The monoisotopic (exact) mass is 438 g/mol. The first-order valence-electron chi connectivity index (χ1n) is 11.2. The number of piperidine rings is 1. The third-order valence-corrected chi connectivity index (χ3v) is 7.01. The molecule has 2 atom stereocenters. The maximum absolute atomic E-state index is 13.1. The molecule has 0 spiro atoms. The summed E-state index contributed by atoms with van der Waals surface area (Å²) in [4.78, 5) is 27.6. The Bertz CT molecular complexity index is 1120. The van der Waals surface area contributed by atoms with Crippen LogP contribution in [-0.2, 0) is 24.2 Å². The zero-order valence-electron chi connectivity index (χ0n) is 18.4. The lowest BCUT2D eigenvalue weighted by molar-refractivity contribution is -0.133. The molecule has 1 aromatic carbocycles. The van der Waals surface area contributed by atoms with Crippen molar-refractivity contribution in [1.82, 2.24) is 9.47 Å². The second kappa shape index (κ2) is 7.64. The van der Waals surface area contributed by atoms with Crippen molar-refractivity contribution in [3.8, 4) is 5.75 Å². The highest BCUT2D eigenvalue weighted by atomic mass is 16.8. The van der Waals surface area contributed by atoms with E-state index < -0.39 is 5.56 Å². The molecule has 0 saturated carbocycles. The van der Waals surface area contributed by atoms with Gasteiger partial charge in [-0.3, -0.25) is 14.8 Å². The van der Waals surface area contributed by atoms with Gasteiger partial charge >= 0.3 is 0 Å². The number of hydrogen-bond donors (Lipinski definition) is 1. The van der Waals surface area contributed by atoms with Crippen molar-refractivity contribution in [2.24, 2.45) is 5.92 Å². The summed E-state index contributed by atoms with van der Waals surface area (Å²) in [6.45, 7) is 5.77. The van der Waals surface area contributed by atoms with Crippen molar-refractivity contribution in [2.45, 2.75) is 57.6 Å². The Labute approximate surface area is 186 Å². The van der Waals surface area contributed by atoms with Crippen LogP contribution in [0.5, 0.6) is 5.75 Å². The predicted molar refractivity (Wildman–Crippen MR) is 119 cm³/mol. The van der Waals surface area contributed by atoms with Crippen molar-refractivity contribution in [2.75, 3.05) is 18.3 Å². The first kappa shape index (κ1) is 21.0. The number of aromatic nitrogens is 1. The number of hydrogen-bond acceptors (Lipinski definition) is 6. The van der Waals surface area contributed by atoms with Gasteiger partial charge in [0.25, 0.3) is 5.56 Å². The number of rotatable bonds is 3. The first-order valence-corrected chi connectivity index (χ1v) is 11.2. The number of likely N-dealkylation sites (tertiary alicyclic amines) is 1. The number of amides is 1. The van der Waals surface area contributed by atoms with Crippen LogP contribution >= 0.6 is 0 Å². The molecule has 4 heterocycles. The Morgan fingerprint density at radius 1 is 1.25 bits per heavy atom. The summed E-state index contributed by atoms with van der Waals surface area (Å²) < 4.78 is 7.64. The molecule has 1 aromatic heterocycles. The molecule has 8 nitrogen and oxygen atoms in total. The minimum atomic E-state index is -0.478. The van der Waals surface area contributed by atoms with Gasteiger partial charge in [-0.15, -0.1) is 0 Å². The second-order valence-corrected chi connectivity index (χ2v) is 9.91. The normalized spacial score (nSPS) is 23.1. The molecule has 5 rings (SSSR count). The number of anilines is 1. The SMILES string of the molecule is CC1(C)CCc2cc(CC(=O)N3C[C@H]4C[C@@H](C3)c3ccc(N([O-])O)c(=O)n3C4)ccc2O1. The highest BCUT2D eigenvalue weighted by Gasteiger charge is 2.36. The van der Waals surface area contributed by atoms with E-state index in [0.717, 1.165) is 41.8 Å². The maximum Gasteiger partial charge on any atom is 0.275 e. The van der Waals surface area contributed by atoms with E-state index in [2.05, 4.69) is 19.9 Å². The van der Waals surface area contributed by atoms with Gasteiger partial charge in [-0.1, -0.05) is 12.1 Å². The number of carbonyl (C=O) groups is 1. The maximum atomic E-state index is 13.1. The Morgan fingerprint density at radius 2 is 2.06 bits per heavy atom. The number of benzene rings is 1. The summed E-state index contributed by atoms with van der Waals surface area (Å²) in [6.07, 6.45) is 3.15. The Balaban J connectivity index is 1.31. The highest BCUT2D eigenvalue weighted by molar-refractivity contribution is 5.79. The van der Waals surface area contributed by atoms with Gasteiger partial charge in [-0.25, -0.2) is 0 Å². The molecule has 1 fully saturated rings. The Morgan fingerprint density at radius 3 is 2.84 bits per heavy atom. The molecule has 1 N–H and O–H groups in total. The summed E-state index contributed by atoms with van der Waals surface area (Å²) in [6, 6.07) is 9.12. The van der Waals surface area contributed by atoms with Crippen LogP contribution in [0.2, 0.25) is 0 Å². The number of pyridine rings is 1. The largest absolute Gasteiger partial charge is 0.733 e. The molecule has 170 valence electrons. The van der Waals surface area contributed by atoms with Crippen molar-refractivity contribution < 1.29 is 14.7 Å². The van der Waals surface area contributed by atoms with Crippen LogP contribution in [0.1, 0.15) is 49.4 Å². The molecule has 3 aliphatic heterocycles. The van der Waals surface area contributed by atoms with Gasteiger partial charge in [0.15, 0.2) is 0 Å². The molecule has 3 aliphatic rings. The summed E-state index contributed by atoms with van der Waals surface area (Å²) >= 11 is 0. The summed E-state index contributed by atoms with van der Waals surface area (Å²) in [5.41, 5.74) is 2.06. The number of aryl methyl sites for hydroxylation is 1. The van der Waals surface area contributed by atoms with E-state index in [1.165, 1.54) is 6.07 Å². The average Bonchev–Trinajstić information content (AvgIpc) is 2.74. The molecule has 1 saturated heterocycles. The van der Waals surface area contributed by atoms with Crippen LogP contribution in [-0.4, -0.2) is 39.3 Å². The van der Waals surface area contributed by atoms with Gasteiger partial charge in [0.05, 0.1) is 6.42 Å². The van der Waals surface area contributed by atoms with Gasteiger partial charge in [0.2, 0.25) is 5.91 Å². The Kier molecular flexibility index (Phi) is 5.02. The van der Waals surface area contributed by atoms with E-state index in [-0.39, 0.29) is 34.3 Å². The summed E-state index contributed by atoms with van der Waals surface area (Å²) in [5.74, 6) is 1.19. The Hall–Kier alpha value is -2.84. The molecule has 0 aliphatic carbocycles. The molecule has 1 amide bonds. The number of fused-ring (bicyclic) bond motifs is 5. The lowest BCUT2D eigenvalue weighted by Crippen LogP contribution is -2.49. The number of ether oxygens (including phenoxy) is 1. The van der Waals surface area contributed by atoms with E-state index in [1.807, 2.05) is 17.0 Å². The van der Waals surface area contributed by atoms with Crippen molar-refractivity contribution in [3.05, 3.63) is 62.7 Å². The van der Waals surface area contributed by atoms with Crippen molar-refractivity contribution in [1.29, 1.82) is 0 Å². The predicted octanol–water partition coefficient (Wildman–Crippen LogP) is 2.83. The van der Waals surface area contributed by atoms with Gasteiger partial charge < -0.3 is 24.6 Å². The smallest absolute Gasteiger partial charge is 0.275 e. The van der Waals surface area contributed by atoms with Gasteiger partial charge in [-0.05, 0) is 68.4 Å². The third kappa shape index (κ3) is 3.78. The number of nitrogens with zero attached hydrogens (tertiary/aromatic N) is 3. The zero-order valence-corrected chi connectivity index (χ0v) is 18.4. The number of carbonyl (C=O) groups excluding carboxylic acids is 1. The van der Waals surface area contributed by atoms with Crippen LogP contribution in [0.15, 0.2) is 35.1 Å². The highest BCUT2D eigenvalue weighted by Crippen LogP contribution is 2.36. The third-order valence-electron chi connectivity index (χ3n) is 7.01. The van der Waals surface area contributed by atoms with Crippen LogP contribution in [0.4, 0.5) is 5.69 Å². The minimum absolute atomic E-state index is 0.0474. The zero-order chi connectivity index (χ0) is 22.6. The molecule has 2 aromatic rings. The summed E-state index contributed by atoms with van der Waals surface area (Å²) in [5, 5.41) is 20.0. The lowest BCUT2D eigenvalue weighted by Gasteiger charge is -2.43. The van der Waals surface area contributed by atoms with Crippen molar-refractivity contribution >= 4 is 11.6 Å². The minimum Gasteiger partial charge on any atom is -0.733 e. The quantitative estimate of drug-likeness (QED) is 0.740. The van der Waals surface area contributed by atoms with Gasteiger partial charge in [0, 0.05) is 31.2 Å². The lowest BCUT2D eigenvalue weighted by atomic mass is 9.83. The van der Waals surface area contributed by atoms with Crippen LogP contribution in [0.3, 0.4) is 0 Å². The van der Waals surface area contributed by atoms with E-state index in [9.17, 15) is 14.8 Å². The molecular weight excluding hydrogens is 410 g/mol. The van der Waals surface area contributed by atoms with Crippen molar-refractivity contribution in [3.63, 3.8) is 0 Å². The topological polar surface area (TPSA) is 98.1 Å². The molecule has 0 unspecified atom stereocenters. The van der Waals surface area contributed by atoms with Crippen LogP contribution in [0, 0.1) is 11.1 Å². The molecule has 32 heavy (non-hydrogen) atoms. The first-order chi connectivity index (χ1) is 15.2. The van der Waals surface area contributed by atoms with E-state index in [1.54, 1.807) is 10.6 Å². The van der Waals surface area contributed by atoms with E-state index >= 15 is 0 Å². The molecule has 8 heteroatoms. The van der Waals surface area contributed by atoms with E-state index in [4.69, 9.17) is 9.94 Å². The van der Waals surface area contributed by atoms with Crippen LogP contribution in [0.25, 0.3) is 0 Å². The summed E-state index contributed by atoms with van der Waals surface area (Å²) in [7, 11) is 0. The van der Waals surface area contributed by atoms with Crippen LogP contribution < -0.4 is 15.5 Å². The molecule has 0 radical (unpaired) electrons. The molecular formula is C24H28N3O5-. The van der Waals surface area contributed by atoms with E-state index in [0.29, 0.717) is 26.1 Å². The average molecular weight is 439 g/mol. The molecule has 2 bridgehead atoms. The second-order valence-electron chi connectivity index (χ2n) is 9.91. The van der Waals surface area contributed by atoms with Gasteiger partial charge in [0.1, 0.15) is 17.0 Å². The fourth-order valence-electron chi connectivity index (χ4n) is 5.39.